The van der Waals surface area contributed by atoms with Gasteiger partial charge in [0.25, 0.3) is 5.91 Å². The molecule has 122 valence electrons. The fourth-order valence-corrected chi connectivity index (χ4v) is 2.28. The van der Waals surface area contributed by atoms with Crippen molar-refractivity contribution in [3.8, 4) is 17.0 Å². The average molecular weight is 332 g/mol. The van der Waals surface area contributed by atoms with Crippen LogP contribution in [0.2, 0.25) is 0 Å². The first-order valence-corrected chi connectivity index (χ1v) is 6.57. The van der Waals surface area contributed by atoms with Crippen molar-refractivity contribution in [3.63, 3.8) is 0 Å². The van der Waals surface area contributed by atoms with Gasteiger partial charge >= 0.3 is 5.97 Å². The van der Waals surface area contributed by atoms with Gasteiger partial charge in [0.05, 0.1) is 16.7 Å². The number of carbonyl (C=O) groups is 2. The van der Waals surface area contributed by atoms with Crippen LogP contribution in [0.4, 0.5) is 0 Å². The van der Waals surface area contributed by atoms with Gasteiger partial charge in [-0.25, -0.2) is 9.78 Å². The van der Waals surface area contributed by atoms with Crippen LogP contribution in [0.3, 0.4) is 0 Å². The summed E-state index contributed by atoms with van der Waals surface area (Å²) in [5.41, 5.74) is 0.673. The maximum atomic E-state index is 12.1. The van der Waals surface area contributed by atoms with Gasteiger partial charge in [-0.15, -0.1) is 0 Å². The summed E-state index contributed by atoms with van der Waals surface area (Å²) in [6, 6.07) is 5.82. The Balaban J connectivity index is 1.98. The molecule has 0 spiro atoms. The monoisotopic (exact) mass is 332 g/mol. The third kappa shape index (κ3) is 2.54. The zero-order valence-corrected chi connectivity index (χ0v) is 12.0. The molecule has 3 aromatic rings. The number of aromatic amines is 1. The number of amides is 1. The van der Waals surface area contributed by atoms with Crippen LogP contribution in [-0.4, -0.2) is 46.2 Å². The molecule has 0 radical (unpaired) electrons. The molecule has 0 aliphatic carbocycles. The van der Waals surface area contributed by atoms with Crippen LogP contribution >= 0.6 is 0 Å². The summed E-state index contributed by atoms with van der Waals surface area (Å²) < 4.78 is 47.3. The summed E-state index contributed by atoms with van der Waals surface area (Å²) in [4.78, 5) is 27.4. The first-order valence-electron chi connectivity index (χ1n) is 9.57. The van der Waals surface area contributed by atoms with Crippen molar-refractivity contribution >= 4 is 22.8 Å². The molecule has 3 N–H and O–H groups in total. The lowest BCUT2D eigenvalue weighted by atomic mass is 10.0. The molecule has 0 bridgehead atoms. The Morgan fingerprint density at radius 3 is 2.96 bits per heavy atom. The number of aromatic nitrogens is 3. The normalized spacial score (nSPS) is 15.3. The van der Waals surface area contributed by atoms with E-state index in [9.17, 15) is 14.7 Å². The predicted molar refractivity (Wildman–Crippen MR) is 86.2 cm³/mol. The molecule has 1 aromatic carbocycles. The smallest absolute Gasteiger partial charge is 0.341 e. The van der Waals surface area contributed by atoms with Gasteiger partial charge in [0.15, 0.2) is 5.69 Å². The second-order valence-corrected chi connectivity index (χ2v) is 4.77. The van der Waals surface area contributed by atoms with Crippen molar-refractivity contribution in [2.75, 3.05) is 14.0 Å². The second kappa shape index (κ2) is 5.99. The van der Waals surface area contributed by atoms with Crippen molar-refractivity contribution in [2.45, 2.75) is 0 Å². The fourth-order valence-electron chi connectivity index (χ4n) is 2.28. The van der Waals surface area contributed by atoms with E-state index in [0.29, 0.717) is 22.0 Å². The summed E-state index contributed by atoms with van der Waals surface area (Å²) >= 11 is 0. The highest BCUT2D eigenvalue weighted by Crippen LogP contribution is 2.27. The molecule has 2 aromatic heterocycles. The summed E-state index contributed by atoms with van der Waals surface area (Å²) in [6.07, 6.45) is 1.24. The Bertz CT molecular complexity index is 1140. The molecular formula is C16H14N4O4. The standard InChI is InChI=1S/C16H14N4O4/c1-17-14(21)13-10-4-3-8(6-12(10)19-20-13)9-5-11(16(22)23)15(24-2)18-7-9/h3-7H,1-2H3,(H,17,21)(H,19,20)(H,22,23)/i1D3,2D3. The number of rotatable bonds is 4. The van der Waals surface area contributed by atoms with Crippen molar-refractivity contribution < 1.29 is 27.7 Å². The van der Waals surface area contributed by atoms with Crippen molar-refractivity contribution in [2.24, 2.45) is 0 Å². The van der Waals surface area contributed by atoms with Crippen LogP contribution in [0.5, 0.6) is 5.88 Å². The van der Waals surface area contributed by atoms with Gasteiger partial charge in [-0.2, -0.15) is 5.10 Å². The number of carboxylic acids is 1. The molecule has 2 heterocycles. The molecule has 0 saturated carbocycles. The number of benzene rings is 1. The minimum atomic E-state index is -2.86. The zero-order chi connectivity index (χ0) is 22.3. The van der Waals surface area contributed by atoms with Gasteiger partial charge in [-0.05, 0) is 23.8 Å². The second-order valence-electron chi connectivity index (χ2n) is 4.77. The maximum Gasteiger partial charge on any atom is 0.341 e. The van der Waals surface area contributed by atoms with Crippen molar-refractivity contribution in [3.05, 3.63) is 41.7 Å². The fraction of sp³-hybridized carbons (Fsp3) is 0.125. The maximum absolute atomic E-state index is 12.1. The number of aromatic carboxylic acids is 1. The number of pyridine rings is 1. The van der Waals surface area contributed by atoms with Gasteiger partial charge in [-0.3, -0.25) is 9.89 Å². The number of carboxylic acid groups (broad SMARTS) is 1. The van der Waals surface area contributed by atoms with E-state index < -0.39 is 37.3 Å². The van der Waals surface area contributed by atoms with Crippen molar-refractivity contribution in [1.29, 1.82) is 0 Å². The SMILES string of the molecule is [2H]C([2H])([2H])NC(=O)c1n[nH]c2cc(-c3cnc(OC([2H])([2H])[2H])c(C(=O)O)c3)ccc12. The summed E-state index contributed by atoms with van der Waals surface area (Å²) in [5.74, 6) is -2.85. The topological polar surface area (TPSA) is 117 Å². The van der Waals surface area contributed by atoms with Crippen LogP contribution in [0.15, 0.2) is 30.5 Å². The van der Waals surface area contributed by atoms with Crippen LogP contribution in [0.25, 0.3) is 22.0 Å². The number of H-pyrrole nitrogens is 1. The molecule has 24 heavy (non-hydrogen) atoms. The van der Waals surface area contributed by atoms with Crippen LogP contribution in [0, 0.1) is 0 Å². The Morgan fingerprint density at radius 1 is 1.33 bits per heavy atom. The lowest BCUT2D eigenvalue weighted by Gasteiger charge is -2.07. The molecule has 0 saturated heterocycles. The van der Waals surface area contributed by atoms with Gasteiger partial charge in [0.2, 0.25) is 5.88 Å². The average Bonchev–Trinajstić information content (AvgIpc) is 3.02. The van der Waals surface area contributed by atoms with E-state index in [4.69, 9.17) is 8.22 Å². The Kier molecular flexibility index (Phi) is 2.41. The summed E-state index contributed by atoms with van der Waals surface area (Å²) in [6.45, 7) is -2.67. The van der Waals surface area contributed by atoms with Crippen molar-refractivity contribution in [1.82, 2.24) is 20.5 Å². The highest BCUT2D eigenvalue weighted by Gasteiger charge is 2.16. The quantitative estimate of drug-likeness (QED) is 0.669. The number of nitrogens with one attached hydrogen (secondary N) is 2. The molecule has 8 heteroatoms. The Hall–Kier alpha value is -3.42. The predicted octanol–water partition coefficient (Wildman–Crippen LogP) is 1.69. The summed E-state index contributed by atoms with van der Waals surface area (Å²) in [5, 5.41) is 18.0. The van der Waals surface area contributed by atoms with E-state index in [1.54, 1.807) is 12.1 Å². The molecule has 0 fully saturated rings. The summed E-state index contributed by atoms with van der Waals surface area (Å²) in [7, 11) is -2.86. The third-order valence-corrected chi connectivity index (χ3v) is 3.40. The molecule has 1 amide bonds. The van der Waals surface area contributed by atoms with E-state index in [0.717, 1.165) is 0 Å². The van der Waals surface area contributed by atoms with Gasteiger partial charge in [0.1, 0.15) is 5.56 Å². The lowest BCUT2D eigenvalue weighted by Crippen LogP contribution is -2.18. The number of carbonyl (C=O) groups excluding carboxylic acids is 1. The minimum absolute atomic E-state index is 0.113. The van der Waals surface area contributed by atoms with E-state index in [1.165, 1.54) is 18.3 Å². The van der Waals surface area contributed by atoms with Crippen LogP contribution in [0.1, 0.15) is 29.1 Å². The Labute approximate surface area is 144 Å². The number of ether oxygens (including phenoxy) is 1. The molecule has 3 rings (SSSR count). The molecule has 0 unspecified atom stereocenters. The molecular weight excluding hydrogens is 312 g/mol. The first kappa shape index (κ1) is 9.66. The van der Waals surface area contributed by atoms with E-state index in [2.05, 4.69) is 19.9 Å². The lowest BCUT2D eigenvalue weighted by molar-refractivity contribution is 0.0692. The molecule has 0 aliphatic heterocycles. The van der Waals surface area contributed by atoms with Gasteiger partial charge in [0, 0.05) is 28.2 Å². The highest BCUT2D eigenvalue weighted by atomic mass is 16.5. The van der Waals surface area contributed by atoms with Gasteiger partial charge < -0.3 is 15.2 Å². The number of nitrogens with zero attached hydrogens (tertiary/aromatic N) is 2. The van der Waals surface area contributed by atoms with Crippen LogP contribution < -0.4 is 10.1 Å². The molecule has 0 aliphatic rings. The van der Waals surface area contributed by atoms with Gasteiger partial charge in [-0.1, -0.05) is 6.07 Å². The highest BCUT2D eigenvalue weighted by molar-refractivity contribution is 6.05. The first-order chi connectivity index (χ1) is 13.8. The minimum Gasteiger partial charge on any atom is -0.480 e. The molecule has 8 nitrogen and oxygen atoms in total. The number of fused-ring (bicyclic) bond motifs is 1. The van der Waals surface area contributed by atoms with E-state index >= 15 is 0 Å². The van der Waals surface area contributed by atoms with E-state index in [1.807, 2.05) is 5.32 Å². The van der Waals surface area contributed by atoms with E-state index in [-0.39, 0.29) is 5.69 Å². The third-order valence-electron chi connectivity index (χ3n) is 3.40. The largest absolute Gasteiger partial charge is 0.480 e. The molecule has 0 atom stereocenters. The number of hydrogen-bond acceptors (Lipinski definition) is 5. The zero-order valence-electron chi connectivity index (χ0n) is 18.0. The Morgan fingerprint density at radius 2 is 2.21 bits per heavy atom. The van der Waals surface area contributed by atoms with Crippen LogP contribution in [-0.2, 0) is 0 Å². The number of hydrogen-bond donors (Lipinski definition) is 3. The number of methoxy groups -OCH3 is 1.